The second kappa shape index (κ2) is 5.98. The first-order valence-electron chi connectivity index (χ1n) is 7.69. The minimum Gasteiger partial charge on any atom is -0.254 e. The Labute approximate surface area is 143 Å². The van der Waals surface area contributed by atoms with Gasteiger partial charge in [0, 0.05) is 21.3 Å². The summed E-state index contributed by atoms with van der Waals surface area (Å²) >= 11 is 1.69. The molecule has 0 aliphatic rings. The van der Waals surface area contributed by atoms with Gasteiger partial charge in [0.05, 0.1) is 15.9 Å². The highest BCUT2D eigenvalue weighted by atomic mass is 32.1. The molecule has 0 atom stereocenters. The lowest BCUT2D eigenvalue weighted by molar-refractivity contribution is 1.20. The molecule has 0 fully saturated rings. The van der Waals surface area contributed by atoms with Crippen molar-refractivity contribution in [1.82, 2.24) is 15.0 Å². The molecule has 0 N–H and O–H groups in total. The number of nitrogens with zero attached hydrogens (tertiary/aromatic N) is 3. The number of allylic oxidation sites excluding steroid dienone is 1. The van der Waals surface area contributed by atoms with E-state index in [1.807, 2.05) is 31.3 Å². The normalized spacial score (nSPS) is 13.0. The summed E-state index contributed by atoms with van der Waals surface area (Å²) in [4.78, 5) is 13.6. The Morgan fingerprint density at radius 2 is 1.92 bits per heavy atom. The first-order chi connectivity index (χ1) is 11.8. The van der Waals surface area contributed by atoms with Gasteiger partial charge in [-0.1, -0.05) is 49.1 Å². The van der Waals surface area contributed by atoms with Crippen LogP contribution in [-0.2, 0) is 0 Å². The molecule has 3 nitrogen and oxygen atoms in total. The molecule has 0 amide bonds. The third kappa shape index (κ3) is 2.32. The van der Waals surface area contributed by atoms with Crippen LogP contribution in [0.25, 0.3) is 44.5 Å². The number of aromatic nitrogens is 3. The van der Waals surface area contributed by atoms with Gasteiger partial charge in [-0.3, -0.25) is 4.98 Å². The van der Waals surface area contributed by atoms with Crippen LogP contribution >= 0.6 is 11.3 Å². The summed E-state index contributed by atoms with van der Waals surface area (Å²) in [6, 6.07) is 10.3. The summed E-state index contributed by atoms with van der Waals surface area (Å²) in [6.07, 6.45) is 9.40. The maximum Gasteiger partial charge on any atom is 0.116 e. The van der Waals surface area contributed by atoms with Crippen molar-refractivity contribution in [3.63, 3.8) is 0 Å². The highest BCUT2D eigenvalue weighted by Crippen LogP contribution is 2.26. The van der Waals surface area contributed by atoms with Crippen LogP contribution in [0.5, 0.6) is 0 Å². The molecule has 4 heteroatoms. The number of thiophene rings is 1. The zero-order chi connectivity index (χ0) is 16.5. The second-order valence-corrected chi connectivity index (χ2v) is 6.44. The number of benzene rings is 1. The van der Waals surface area contributed by atoms with Crippen molar-refractivity contribution in [3.8, 4) is 11.4 Å². The summed E-state index contributed by atoms with van der Waals surface area (Å²) in [5.41, 5.74) is 2.70. The molecule has 0 aliphatic heterocycles. The lowest BCUT2D eigenvalue weighted by atomic mass is 10.1. The van der Waals surface area contributed by atoms with Gasteiger partial charge >= 0.3 is 0 Å². The number of hydrogen-bond donors (Lipinski definition) is 0. The smallest absolute Gasteiger partial charge is 0.116 e. The quantitative estimate of drug-likeness (QED) is 0.563. The van der Waals surface area contributed by atoms with Gasteiger partial charge in [0.25, 0.3) is 0 Å². The van der Waals surface area contributed by atoms with Crippen LogP contribution in [-0.4, -0.2) is 15.0 Å². The second-order valence-electron chi connectivity index (χ2n) is 5.39. The van der Waals surface area contributed by atoms with Crippen LogP contribution in [0.2, 0.25) is 0 Å². The molecule has 3 aromatic heterocycles. The van der Waals surface area contributed by atoms with Crippen molar-refractivity contribution in [2.24, 2.45) is 0 Å². The van der Waals surface area contributed by atoms with Gasteiger partial charge < -0.3 is 0 Å². The fraction of sp³-hybridized carbons (Fsp3) is 0.0500. The summed E-state index contributed by atoms with van der Waals surface area (Å²) in [5.74, 6) is 0. The Morgan fingerprint density at radius 1 is 1.08 bits per heavy atom. The number of fused-ring (bicyclic) bond motifs is 2. The van der Waals surface area contributed by atoms with E-state index in [9.17, 15) is 0 Å². The van der Waals surface area contributed by atoms with E-state index < -0.39 is 0 Å². The van der Waals surface area contributed by atoms with Gasteiger partial charge in [0.15, 0.2) is 0 Å². The summed E-state index contributed by atoms with van der Waals surface area (Å²) in [7, 11) is 0. The van der Waals surface area contributed by atoms with Gasteiger partial charge in [0.2, 0.25) is 0 Å². The Hall–Kier alpha value is -2.85. The molecule has 0 spiro atoms. The van der Waals surface area contributed by atoms with Crippen molar-refractivity contribution < 1.29 is 0 Å². The van der Waals surface area contributed by atoms with Crippen LogP contribution in [0.15, 0.2) is 55.5 Å². The molecule has 4 rings (SSSR count). The largest absolute Gasteiger partial charge is 0.254 e. The number of pyridine rings is 1. The minimum absolute atomic E-state index is 0.871. The van der Waals surface area contributed by atoms with Crippen LogP contribution < -0.4 is 9.75 Å². The van der Waals surface area contributed by atoms with Crippen molar-refractivity contribution in [2.75, 3.05) is 0 Å². The van der Waals surface area contributed by atoms with Crippen molar-refractivity contribution in [2.45, 2.75) is 6.92 Å². The molecule has 4 aromatic rings. The summed E-state index contributed by atoms with van der Waals surface area (Å²) in [5, 5.41) is 3.38. The van der Waals surface area contributed by atoms with E-state index in [1.54, 1.807) is 23.7 Å². The molecule has 24 heavy (non-hydrogen) atoms. The standard InChI is InChI=1S/C20H15N3S/c1-3-7-15-17(4-2)24-20-18(15)22-12-23-19(20)16-10-13-8-5-6-9-14(13)11-21-16/h3-12H,1H2,2H3/b15-7+,17-4+. The van der Waals surface area contributed by atoms with E-state index in [4.69, 9.17) is 0 Å². The fourth-order valence-electron chi connectivity index (χ4n) is 2.83. The number of hydrogen-bond acceptors (Lipinski definition) is 4. The lowest BCUT2D eigenvalue weighted by Gasteiger charge is -2.03. The van der Waals surface area contributed by atoms with Gasteiger partial charge in [-0.05, 0) is 18.4 Å². The van der Waals surface area contributed by atoms with Gasteiger partial charge in [-0.15, -0.1) is 11.3 Å². The van der Waals surface area contributed by atoms with Crippen LogP contribution in [0, 0.1) is 0 Å². The van der Waals surface area contributed by atoms with E-state index in [2.05, 4.69) is 45.8 Å². The maximum atomic E-state index is 4.61. The predicted octanol–water partition coefficient (Wildman–Crippen LogP) is 3.67. The molecule has 1 aromatic carbocycles. The first kappa shape index (κ1) is 14.7. The number of rotatable bonds is 2. The topological polar surface area (TPSA) is 38.7 Å². The van der Waals surface area contributed by atoms with Gasteiger partial charge in [-0.2, -0.15) is 0 Å². The van der Waals surface area contributed by atoms with Crippen LogP contribution in [0.3, 0.4) is 0 Å². The molecule has 0 unspecified atom stereocenters. The van der Waals surface area contributed by atoms with Crippen molar-refractivity contribution in [1.29, 1.82) is 0 Å². The van der Waals surface area contributed by atoms with E-state index in [1.165, 1.54) is 4.53 Å². The van der Waals surface area contributed by atoms with E-state index in [0.29, 0.717) is 0 Å². The van der Waals surface area contributed by atoms with Crippen molar-refractivity contribution in [3.05, 3.63) is 65.3 Å². The van der Waals surface area contributed by atoms with Crippen LogP contribution in [0.1, 0.15) is 6.92 Å². The molecule has 0 saturated heterocycles. The van der Waals surface area contributed by atoms with E-state index in [0.717, 1.165) is 37.6 Å². The zero-order valence-corrected chi connectivity index (χ0v) is 14.0. The molecule has 116 valence electrons. The SMILES string of the molecule is C=C/C=c1\c(=C/C)sc2c(-c3cc4ccccc4cn3)ncnc12. The monoisotopic (exact) mass is 329 g/mol. The Morgan fingerprint density at radius 3 is 2.71 bits per heavy atom. The molecule has 0 bridgehead atoms. The highest BCUT2D eigenvalue weighted by molar-refractivity contribution is 7.17. The van der Waals surface area contributed by atoms with Crippen LogP contribution in [0.4, 0.5) is 0 Å². The Kier molecular flexibility index (Phi) is 3.67. The average molecular weight is 329 g/mol. The molecule has 0 radical (unpaired) electrons. The molecule has 0 aliphatic carbocycles. The van der Waals surface area contributed by atoms with Crippen molar-refractivity contribution >= 4 is 44.5 Å². The fourth-order valence-corrected chi connectivity index (χ4v) is 3.96. The summed E-state index contributed by atoms with van der Waals surface area (Å²) < 4.78 is 2.23. The zero-order valence-electron chi connectivity index (χ0n) is 13.2. The van der Waals surface area contributed by atoms with Gasteiger partial charge in [0.1, 0.15) is 12.0 Å². The first-order valence-corrected chi connectivity index (χ1v) is 8.51. The van der Waals surface area contributed by atoms with E-state index >= 15 is 0 Å². The molecular weight excluding hydrogens is 314 g/mol. The lowest BCUT2D eigenvalue weighted by Crippen LogP contribution is -2.18. The maximum absolute atomic E-state index is 4.61. The third-order valence-electron chi connectivity index (χ3n) is 3.96. The summed E-state index contributed by atoms with van der Waals surface area (Å²) in [6.45, 7) is 5.85. The van der Waals surface area contributed by atoms with Gasteiger partial charge in [-0.25, -0.2) is 9.97 Å². The molecule has 3 heterocycles. The highest BCUT2D eigenvalue weighted by Gasteiger charge is 2.12. The van der Waals surface area contributed by atoms with E-state index in [-0.39, 0.29) is 0 Å². The molecular formula is C20H15N3S. The molecule has 0 saturated carbocycles. The third-order valence-corrected chi connectivity index (χ3v) is 5.22. The average Bonchev–Trinajstić information content (AvgIpc) is 2.99. The Balaban J connectivity index is 2.06. The minimum atomic E-state index is 0.871. The predicted molar refractivity (Wildman–Crippen MR) is 102 cm³/mol. The Bertz CT molecular complexity index is 1190.